The molecule has 23 heavy (non-hydrogen) atoms. The van der Waals surface area contributed by atoms with Crippen molar-refractivity contribution >= 4 is 17.4 Å². The zero-order valence-corrected chi connectivity index (χ0v) is 13.4. The number of ether oxygens (including phenoxy) is 1. The lowest BCUT2D eigenvalue weighted by atomic mass is 10.1. The minimum atomic E-state index is -0.0836. The molecule has 0 bridgehead atoms. The Balaban J connectivity index is 1.79. The van der Waals surface area contributed by atoms with Crippen molar-refractivity contribution in [2.75, 3.05) is 31.6 Å². The van der Waals surface area contributed by atoms with E-state index in [1.807, 2.05) is 13.8 Å². The van der Waals surface area contributed by atoms with Crippen LogP contribution in [-0.4, -0.2) is 47.1 Å². The molecule has 0 atom stereocenters. The molecule has 1 aromatic carbocycles. The van der Waals surface area contributed by atoms with Crippen LogP contribution in [0, 0.1) is 13.8 Å². The van der Waals surface area contributed by atoms with E-state index in [9.17, 15) is 4.79 Å². The topological polar surface area (TPSA) is 67.4 Å². The van der Waals surface area contributed by atoms with Crippen molar-refractivity contribution in [3.05, 3.63) is 47.4 Å². The zero-order chi connectivity index (χ0) is 16.2. The summed E-state index contributed by atoms with van der Waals surface area (Å²) in [6.07, 6.45) is 1.42. The normalized spacial score (nSPS) is 14.6. The quantitative estimate of drug-likeness (QED) is 0.942. The molecule has 1 N–H and O–H groups in total. The molecule has 3 rings (SSSR count). The highest BCUT2D eigenvalue weighted by Crippen LogP contribution is 2.21. The molecule has 1 amide bonds. The largest absolute Gasteiger partial charge is 0.378 e. The SMILES string of the molecule is Cc1ccc(C)c(Nc2cc(C(=O)N3CCOCC3)ncn2)c1. The maximum Gasteiger partial charge on any atom is 0.272 e. The number of nitrogens with zero attached hydrogens (tertiary/aromatic N) is 3. The number of carbonyl (C=O) groups is 1. The van der Waals surface area contributed by atoms with Gasteiger partial charge in [0.25, 0.3) is 5.91 Å². The highest BCUT2D eigenvalue weighted by molar-refractivity contribution is 5.93. The number of rotatable bonds is 3. The lowest BCUT2D eigenvalue weighted by Crippen LogP contribution is -2.41. The van der Waals surface area contributed by atoms with Crippen LogP contribution < -0.4 is 5.32 Å². The summed E-state index contributed by atoms with van der Waals surface area (Å²) in [5, 5.41) is 3.26. The summed E-state index contributed by atoms with van der Waals surface area (Å²) < 4.78 is 5.27. The van der Waals surface area contributed by atoms with Gasteiger partial charge >= 0.3 is 0 Å². The van der Waals surface area contributed by atoms with Crippen molar-refractivity contribution in [1.82, 2.24) is 14.9 Å². The van der Waals surface area contributed by atoms with E-state index in [1.165, 1.54) is 6.33 Å². The van der Waals surface area contributed by atoms with Gasteiger partial charge in [-0.3, -0.25) is 4.79 Å². The van der Waals surface area contributed by atoms with Gasteiger partial charge in [0.15, 0.2) is 0 Å². The number of nitrogens with one attached hydrogen (secondary N) is 1. The predicted octanol–water partition coefficient (Wildman–Crippen LogP) is 2.31. The highest BCUT2D eigenvalue weighted by Gasteiger charge is 2.20. The number of hydrogen-bond acceptors (Lipinski definition) is 5. The van der Waals surface area contributed by atoms with E-state index in [0.717, 1.165) is 16.8 Å². The molecule has 2 aromatic rings. The molecule has 1 aliphatic heterocycles. The Morgan fingerprint density at radius 3 is 2.74 bits per heavy atom. The van der Waals surface area contributed by atoms with Crippen LogP contribution in [0.3, 0.4) is 0 Å². The van der Waals surface area contributed by atoms with E-state index in [0.29, 0.717) is 37.8 Å². The van der Waals surface area contributed by atoms with Crippen LogP contribution in [0.1, 0.15) is 21.6 Å². The van der Waals surface area contributed by atoms with Gasteiger partial charge in [-0.15, -0.1) is 0 Å². The van der Waals surface area contributed by atoms with Crippen molar-refractivity contribution in [3.8, 4) is 0 Å². The van der Waals surface area contributed by atoms with Crippen LogP contribution in [0.15, 0.2) is 30.6 Å². The molecule has 1 aliphatic rings. The van der Waals surface area contributed by atoms with Crippen molar-refractivity contribution in [3.63, 3.8) is 0 Å². The number of amides is 1. The number of aryl methyl sites for hydroxylation is 2. The molecule has 0 aliphatic carbocycles. The number of hydrogen-bond donors (Lipinski definition) is 1. The van der Waals surface area contributed by atoms with E-state index < -0.39 is 0 Å². The molecule has 2 heterocycles. The molecule has 0 radical (unpaired) electrons. The first-order chi connectivity index (χ1) is 11.1. The maximum absolute atomic E-state index is 12.5. The van der Waals surface area contributed by atoms with Gasteiger partial charge in [0, 0.05) is 24.8 Å². The second-order valence-electron chi connectivity index (χ2n) is 5.64. The summed E-state index contributed by atoms with van der Waals surface area (Å²) in [4.78, 5) is 22.6. The fraction of sp³-hybridized carbons (Fsp3) is 0.353. The third-order valence-electron chi connectivity index (χ3n) is 3.84. The van der Waals surface area contributed by atoms with Crippen molar-refractivity contribution in [1.29, 1.82) is 0 Å². The van der Waals surface area contributed by atoms with Gasteiger partial charge in [-0.05, 0) is 31.0 Å². The molecule has 0 spiro atoms. The van der Waals surface area contributed by atoms with Crippen molar-refractivity contribution in [2.45, 2.75) is 13.8 Å². The first-order valence-electron chi connectivity index (χ1n) is 7.67. The van der Waals surface area contributed by atoms with Crippen LogP contribution >= 0.6 is 0 Å². The summed E-state index contributed by atoms with van der Waals surface area (Å²) in [6, 6.07) is 7.87. The monoisotopic (exact) mass is 312 g/mol. The second kappa shape index (κ2) is 6.75. The Morgan fingerprint density at radius 2 is 1.96 bits per heavy atom. The third-order valence-corrected chi connectivity index (χ3v) is 3.84. The number of benzene rings is 1. The van der Waals surface area contributed by atoms with Crippen molar-refractivity contribution < 1.29 is 9.53 Å². The van der Waals surface area contributed by atoms with Gasteiger partial charge in [-0.2, -0.15) is 0 Å². The summed E-state index contributed by atoms with van der Waals surface area (Å²) in [7, 11) is 0. The Bertz CT molecular complexity index is 711. The predicted molar refractivity (Wildman–Crippen MR) is 88.0 cm³/mol. The van der Waals surface area contributed by atoms with Gasteiger partial charge in [0.1, 0.15) is 17.8 Å². The minimum Gasteiger partial charge on any atom is -0.378 e. The summed E-state index contributed by atoms with van der Waals surface area (Å²) in [6.45, 7) is 6.42. The Kier molecular flexibility index (Phi) is 4.52. The van der Waals surface area contributed by atoms with Gasteiger partial charge in [0.05, 0.1) is 13.2 Å². The van der Waals surface area contributed by atoms with Gasteiger partial charge in [-0.25, -0.2) is 9.97 Å². The standard InChI is InChI=1S/C17H20N4O2/c1-12-3-4-13(2)14(9-12)20-16-10-15(18-11-19-16)17(22)21-5-7-23-8-6-21/h3-4,9-11H,5-8H2,1-2H3,(H,18,19,20). The molecule has 1 aromatic heterocycles. The number of aromatic nitrogens is 2. The van der Waals surface area contributed by atoms with Crippen LogP contribution in [0.2, 0.25) is 0 Å². The highest BCUT2D eigenvalue weighted by atomic mass is 16.5. The minimum absolute atomic E-state index is 0.0836. The van der Waals surface area contributed by atoms with E-state index in [1.54, 1.807) is 11.0 Å². The summed E-state index contributed by atoms with van der Waals surface area (Å²) in [5.74, 6) is 0.532. The van der Waals surface area contributed by atoms with Crippen LogP contribution in [0.4, 0.5) is 11.5 Å². The fourth-order valence-corrected chi connectivity index (χ4v) is 2.48. The van der Waals surface area contributed by atoms with Crippen LogP contribution in [0.5, 0.6) is 0 Å². The molecule has 1 fully saturated rings. The molecule has 0 saturated carbocycles. The molecule has 6 nitrogen and oxygen atoms in total. The first kappa shape index (κ1) is 15.4. The Morgan fingerprint density at radius 1 is 1.17 bits per heavy atom. The molecular formula is C17H20N4O2. The molecule has 6 heteroatoms. The average Bonchev–Trinajstić information content (AvgIpc) is 2.58. The maximum atomic E-state index is 12.5. The Hall–Kier alpha value is -2.47. The third kappa shape index (κ3) is 3.65. The summed E-state index contributed by atoms with van der Waals surface area (Å²) >= 11 is 0. The van der Waals surface area contributed by atoms with E-state index >= 15 is 0 Å². The first-order valence-corrected chi connectivity index (χ1v) is 7.67. The molecule has 0 unspecified atom stereocenters. The molecule has 120 valence electrons. The van der Waals surface area contributed by atoms with Crippen molar-refractivity contribution in [2.24, 2.45) is 0 Å². The van der Waals surface area contributed by atoms with Crippen LogP contribution in [0.25, 0.3) is 0 Å². The zero-order valence-electron chi connectivity index (χ0n) is 13.4. The smallest absolute Gasteiger partial charge is 0.272 e. The lowest BCUT2D eigenvalue weighted by Gasteiger charge is -2.26. The Labute approximate surface area is 135 Å². The van der Waals surface area contributed by atoms with E-state index in [2.05, 4.69) is 33.5 Å². The molecule has 1 saturated heterocycles. The summed E-state index contributed by atoms with van der Waals surface area (Å²) in [5.41, 5.74) is 3.66. The number of carbonyl (C=O) groups excluding carboxylic acids is 1. The second-order valence-corrected chi connectivity index (χ2v) is 5.64. The fourth-order valence-electron chi connectivity index (χ4n) is 2.48. The lowest BCUT2D eigenvalue weighted by molar-refractivity contribution is 0.0299. The number of anilines is 2. The average molecular weight is 312 g/mol. The van der Waals surface area contributed by atoms with Crippen LogP contribution in [-0.2, 0) is 4.74 Å². The van der Waals surface area contributed by atoms with Gasteiger partial charge < -0.3 is 15.0 Å². The van der Waals surface area contributed by atoms with Gasteiger partial charge in [0.2, 0.25) is 0 Å². The van der Waals surface area contributed by atoms with Gasteiger partial charge in [-0.1, -0.05) is 12.1 Å². The molecular weight excluding hydrogens is 292 g/mol. The van der Waals surface area contributed by atoms with E-state index in [-0.39, 0.29) is 5.91 Å². The number of morpholine rings is 1. The van der Waals surface area contributed by atoms with E-state index in [4.69, 9.17) is 4.74 Å².